The Morgan fingerprint density at radius 1 is 1.25 bits per heavy atom. The fourth-order valence-electron chi connectivity index (χ4n) is 1.98. The van der Waals surface area contributed by atoms with Crippen LogP contribution in [0.25, 0.3) is 11.0 Å². The highest BCUT2D eigenvalue weighted by atomic mass is 32.2. The number of nitrogens with one attached hydrogen (secondary N) is 1. The average Bonchev–Trinajstić information content (AvgIpc) is 2.82. The highest BCUT2D eigenvalue weighted by molar-refractivity contribution is 7.99. The lowest BCUT2D eigenvalue weighted by atomic mass is 10.1. The van der Waals surface area contributed by atoms with E-state index in [1.165, 1.54) is 11.8 Å². The minimum atomic E-state index is -0.924. The number of nitrogens with zero attached hydrogens (tertiary/aromatic N) is 1. The van der Waals surface area contributed by atoms with Crippen LogP contribution in [0.4, 0.5) is 0 Å². The second kappa shape index (κ2) is 5.02. The zero-order chi connectivity index (χ0) is 14.1. The van der Waals surface area contributed by atoms with Gasteiger partial charge in [0.05, 0.1) is 16.6 Å². The minimum absolute atomic E-state index is 0.301. The molecule has 0 saturated carbocycles. The second-order valence-corrected chi connectivity index (χ2v) is 5.50. The molecule has 4 nitrogen and oxygen atoms in total. The quantitative estimate of drug-likeness (QED) is 0.769. The normalized spacial score (nSPS) is 10.8. The van der Waals surface area contributed by atoms with Crippen molar-refractivity contribution in [2.24, 2.45) is 0 Å². The summed E-state index contributed by atoms with van der Waals surface area (Å²) in [5.74, 6) is -0.924. The number of carbonyl (C=O) groups is 1. The largest absolute Gasteiger partial charge is 0.478 e. The Balaban J connectivity index is 2.00. The molecule has 20 heavy (non-hydrogen) atoms. The Bertz CT molecular complexity index is 762. The maximum Gasteiger partial charge on any atom is 0.336 e. The van der Waals surface area contributed by atoms with Crippen LogP contribution in [0.3, 0.4) is 0 Å². The topological polar surface area (TPSA) is 66.0 Å². The molecule has 5 heteroatoms. The SMILES string of the molecule is Cc1ccc(Sc2nc3ccccc3[nH]2)c(C(=O)O)c1. The lowest BCUT2D eigenvalue weighted by molar-refractivity contribution is 0.0693. The van der Waals surface area contributed by atoms with Crippen LogP contribution in [0.2, 0.25) is 0 Å². The molecule has 0 atom stereocenters. The van der Waals surface area contributed by atoms with Crippen LogP contribution in [-0.2, 0) is 0 Å². The van der Waals surface area contributed by atoms with Crippen molar-refractivity contribution in [3.8, 4) is 0 Å². The first-order valence-corrected chi connectivity index (χ1v) is 6.92. The molecule has 0 amide bonds. The van der Waals surface area contributed by atoms with Crippen molar-refractivity contribution < 1.29 is 9.90 Å². The molecule has 0 aliphatic carbocycles. The van der Waals surface area contributed by atoms with E-state index in [4.69, 9.17) is 0 Å². The number of rotatable bonds is 3. The third kappa shape index (κ3) is 2.40. The maximum absolute atomic E-state index is 11.3. The zero-order valence-corrected chi connectivity index (χ0v) is 11.6. The third-order valence-corrected chi connectivity index (χ3v) is 3.90. The molecular formula is C15H12N2O2S. The van der Waals surface area contributed by atoms with Gasteiger partial charge in [-0.15, -0.1) is 0 Å². The predicted octanol–water partition coefficient (Wildman–Crippen LogP) is 3.72. The van der Waals surface area contributed by atoms with Gasteiger partial charge in [-0.1, -0.05) is 35.5 Å². The molecule has 0 radical (unpaired) electrons. The van der Waals surface area contributed by atoms with Gasteiger partial charge in [-0.05, 0) is 31.2 Å². The number of hydrogen-bond donors (Lipinski definition) is 2. The summed E-state index contributed by atoms with van der Waals surface area (Å²) < 4.78 is 0. The molecule has 1 aromatic heterocycles. The second-order valence-electron chi connectivity index (χ2n) is 4.47. The van der Waals surface area contributed by atoms with E-state index < -0.39 is 5.97 Å². The molecule has 0 aliphatic rings. The summed E-state index contributed by atoms with van der Waals surface area (Å²) in [6.45, 7) is 1.88. The average molecular weight is 284 g/mol. The van der Waals surface area contributed by atoms with Crippen LogP contribution in [0.1, 0.15) is 15.9 Å². The minimum Gasteiger partial charge on any atom is -0.478 e. The number of para-hydroxylation sites is 2. The van der Waals surface area contributed by atoms with Crippen molar-refractivity contribution in [2.75, 3.05) is 0 Å². The monoisotopic (exact) mass is 284 g/mol. The molecule has 0 fully saturated rings. The molecule has 0 spiro atoms. The van der Waals surface area contributed by atoms with Crippen molar-refractivity contribution in [2.45, 2.75) is 17.0 Å². The Morgan fingerprint density at radius 3 is 2.80 bits per heavy atom. The summed E-state index contributed by atoms with van der Waals surface area (Å²) in [6.07, 6.45) is 0. The molecule has 3 aromatic rings. The van der Waals surface area contributed by atoms with Crippen molar-refractivity contribution in [3.63, 3.8) is 0 Å². The highest BCUT2D eigenvalue weighted by Crippen LogP contribution is 2.30. The molecular weight excluding hydrogens is 272 g/mol. The van der Waals surface area contributed by atoms with Gasteiger partial charge in [-0.25, -0.2) is 9.78 Å². The van der Waals surface area contributed by atoms with Gasteiger partial charge in [0.15, 0.2) is 5.16 Å². The van der Waals surface area contributed by atoms with Crippen molar-refractivity contribution in [1.82, 2.24) is 9.97 Å². The molecule has 0 unspecified atom stereocenters. The Labute approximate surface area is 119 Å². The standard InChI is InChI=1S/C15H12N2O2S/c1-9-6-7-13(10(8-9)14(18)19)20-15-16-11-4-2-3-5-12(11)17-15/h2-8H,1H3,(H,16,17)(H,18,19). The summed E-state index contributed by atoms with van der Waals surface area (Å²) in [6, 6.07) is 13.1. The first-order valence-electron chi connectivity index (χ1n) is 6.10. The number of aryl methyl sites for hydroxylation is 1. The molecule has 0 saturated heterocycles. The molecule has 0 aliphatic heterocycles. The van der Waals surface area contributed by atoms with Gasteiger partial charge in [0.1, 0.15) is 0 Å². The number of imidazole rings is 1. The molecule has 1 heterocycles. The Hall–Kier alpha value is -2.27. The van der Waals surface area contributed by atoms with E-state index in [0.717, 1.165) is 16.6 Å². The van der Waals surface area contributed by atoms with Crippen molar-refractivity contribution in [3.05, 3.63) is 53.6 Å². The van der Waals surface area contributed by atoms with Crippen molar-refractivity contribution >= 4 is 28.8 Å². The number of aromatic carboxylic acids is 1. The number of H-pyrrole nitrogens is 1. The number of fused-ring (bicyclic) bond motifs is 1. The van der Waals surface area contributed by atoms with Gasteiger partial charge in [0.25, 0.3) is 0 Å². The van der Waals surface area contributed by atoms with E-state index in [-0.39, 0.29) is 0 Å². The van der Waals surface area contributed by atoms with E-state index in [2.05, 4.69) is 9.97 Å². The van der Waals surface area contributed by atoms with Crippen LogP contribution >= 0.6 is 11.8 Å². The molecule has 2 N–H and O–H groups in total. The maximum atomic E-state index is 11.3. The first-order chi connectivity index (χ1) is 9.63. The fraction of sp³-hybridized carbons (Fsp3) is 0.0667. The van der Waals surface area contributed by atoms with E-state index >= 15 is 0 Å². The number of carboxylic acid groups (broad SMARTS) is 1. The molecule has 0 bridgehead atoms. The van der Waals surface area contributed by atoms with Crippen LogP contribution in [0.15, 0.2) is 52.5 Å². The van der Waals surface area contributed by atoms with Crippen LogP contribution in [0, 0.1) is 6.92 Å². The smallest absolute Gasteiger partial charge is 0.336 e. The van der Waals surface area contributed by atoms with E-state index in [9.17, 15) is 9.90 Å². The van der Waals surface area contributed by atoms with Gasteiger partial charge in [0, 0.05) is 4.90 Å². The zero-order valence-electron chi connectivity index (χ0n) is 10.8. The molecule has 100 valence electrons. The number of aromatic nitrogens is 2. The van der Waals surface area contributed by atoms with Gasteiger partial charge in [-0.3, -0.25) is 0 Å². The van der Waals surface area contributed by atoms with Gasteiger partial charge >= 0.3 is 5.97 Å². The first kappa shape index (κ1) is 12.7. The highest BCUT2D eigenvalue weighted by Gasteiger charge is 2.13. The molecule has 2 aromatic carbocycles. The lowest BCUT2D eigenvalue weighted by Crippen LogP contribution is -1.99. The number of hydrogen-bond acceptors (Lipinski definition) is 3. The van der Waals surface area contributed by atoms with E-state index in [1.54, 1.807) is 6.07 Å². The van der Waals surface area contributed by atoms with Gasteiger partial charge in [0.2, 0.25) is 0 Å². The Morgan fingerprint density at radius 2 is 2.05 bits per heavy atom. The third-order valence-electron chi connectivity index (χ3n) is 2.94. The van der Waals surface area contributed by atoms with Gasteiger partial charge in [-0.2, -0.15) is 0 Å². The van der Waals surface area contributed by atoms with Crippen molar-refractivity contribution in [1.29, 1.82) is 0 Å². The number of carboxylic acids is 1. The van der Waals surface area contributed by atoms with E-state index in [1.807, 2.05) is 43.3 Å². The number of benzene rings is 2. The predicted molar refractivity (Wildman–Crippen MR) is 78.4 cm³/mol. The van der Waals surface area contributed by atoms with Crippen LogP contribution in [0.5, 0.6) is 0 Å². The van der Waals surface area contributed by atoms with Crippen LogP contribution < -0.4 is 0 Å². The summed E-state index contributed by atoms with van der Waals surface area (Å²) in [4.78, 5) is 19.6. The fourth-order valence-corrected chi connectivity index (χ4v) is 2.89. The number of aromatic amines is 1. The van der Waals surface area contributed by atoms with Gasteiger partial charge < -0.3 is 10.1 Å². The van der Waals surface area contributed by atoms with E-state index in [0.29, 0.717) is 15.6 Å². The van der Waals surface area contributed by atoms with Crippen LogP contribution in [-0.4, -0.2) is 21.0 Å². The summed E-state index contributed by atoms with van der Waals surface area (Å²) in [7, 11) is 0. The Kier molecular flexibility index (Phi) is 3.20. The molecule has 3 rings (SSSR count). The lowest BCUT2D eigenvalue weighted by Gasteiger charge is -2.04. The summed E-state index contributed by atoms with van der Waals surface area (Å²) in [5, 5.41) is 9.96. The summed E-state index contributed by atoms with van der Waals surface area (Å²) >= 11 is 1.33. The summed E-state index contributed by atoms with van der Waals surface area (Å²) in [5.41, 5.74) is 3.05.